The number of hydrogen-bond donors (Lipinski definition) is 2. The van der Waals surface area contributed by atoms with Crippen LogP contribution in [0.25, 0.3) is 0 Å². The van der Waals surface area contributed by atoms with Gasteiger partial charge >= 0.3 is 0 Å². The molecule has 2 rings (SSSR count). The third-order valence-corrected chi connectivity index (χ3v) is 2.81. The van der Waals surface area contributed by atoms with Gasteiger partial charge in [0, 0.05) is 31.6 Å². The van der Waals surface area contributed by atoms with Crippen molar-refractivity contribution >= 4 is 17.3 Å². The summed E-state index contributed by atoms with van der Waals surface area (Å²) in [6, 6.07) is 6.15. The second kappa shape index (κ2) is 7.46. The van der Waals surface area contributed by atoms with Crippen molar-refractivity contribution in [1.29, 1.82) is 0 Å². The summed E-state index contributed by atoms with van der Waals surface area (Å²) < 4.78 is 31.2. The maximum atomic E-state index is 13.5. The van der Waals surface area contributed by atoms with Gasteiger partial charge in [0.1, 0.15) is 17.3 Å². The molecular formula is C15H15F2N3O2. The van der Waals surface area contributed by atoms with Gasteiger partial charge in [-0.2, -0.15) is 0 Å². The van der Waals surface area contributed by atoms with E-state index in [9.17, 15) is 13.6 Å². The zero-order valence-electron chi connectivity index (χ0n) is 11.9. The highest BCUT2D eigenvalue weighted by Gasteiger charge is 2.11. The monoisotopic (exact) mass is 307 g/mol. The minimum atomic E-state index is -0.845. The molecule has 0 atom stereocenters. The van der Waals surface area contributed by atoms with E-state index in [2.05, 4.69) is 15.6 Å². The average molecular weight is 307 g/mol. The van der Waals surface area contributed by atoms with E-state index in [0.29, 0.717) is 24.9 Å². The average Bonchev–Trinajstić information content (AvgIpc) is 2.50. The number of nitrogens with zero attached hydrogens (tertiary/aromatic N) is 1. The Kier molecular flexibility index (Phi) is 5.37. The number of benzene rings is 1. The predicted molar refractivity (Wildman–Crippen MR) is 78.9 cm³/mol. The molecule has 0 unspecified atom stereocenters. The molecule has 0 spiro atoms. The molecule has 0 saturated carbocycles. The number of nitrogens with one attached hydrogen (secondary N) is 2. The van der Waals surface area contributed by atoms with Crippen LogP contribution in [0.2, 0.25) is 0 Å². The quantitative estimate of drug-likeness (QED) is 0.805. The Morgan fingerprint density at radius 1 is 1.27 bits per heavy atom. The van der Waals surface area contributed by atoms with E-state index in [1.165, 1.54) is 12.3 Å². The SMILES string of the molecule is COCCNc1ccnc(C(=O)Nc2ccc(F)cc2F)c1. The first-order chi connectivity index (χ1) is 10.6. The van der Waals surface area contributed by atoms with Gasteiger partial charge < -0.3 is 15.4 Å². The Labute approximate surface area is 126 Å². The molecule has 1 amide bonds. The molecule has 0 saturated heterocycles. The van der Waals surface area contributed by atoms with Gasteiger partial charge in [-0.15, -0.1) is 0 Å². The smallest absolute Gasteiger partial charge is 0.274 e. The minimum Gasteiger partial charge on any atom is -0.383 e. The maximum Gasteiger partial charge on any atom is 0.274 e. The van der Waals surface area contributed by atoms with E-state index in [1.807, 2.05) is 0 Å². The largest absolute Gasteiger partial charge is 0.383 e. The molecule has 22 heavy (non-hydrogen) atoms. The van der Waals surface area contributed by atoms with Crippen molar-refractivity contribution in [1.82, 2.24) is 4.98 Å². The van der Waals surface area contributed by atoms with Crippen LogP contribution in [0.5, 0.6) is 0 Å². The third kappa shape index (κ3) is 4.23. The van der Waals surface area contributed by atoms with Crippen molar-refractivity contribution in [3.63, 3.8) is 0 Å². The van der Waals surface area contributed by atoms with Gasteiger partial charge in [-0.25, -0.2) is 8.78 Å². The van der Waals surface area contributed by atoms with Crippen LogP contribution in [0.15, 0.2) is 36.5 Å². The number of carbonyl (C=O) groups is 1. The second-order valence-electron chi connectivity index (χ2n) is 4.43. The fourth-order valence-corrected chi connectivity index (χ4v) is 1.74. The standard InChI is InChI=1S/C15H15F2N3O2/c1-22-7-6-18-11-4-5-19-14(9-11)15(21)20-13-3-2-10(16)8-12(13)17/h2-5,8-9H,6-7H2,1H3,(H,18,19)(H,20,21). The summed E-state index contributed by atoms with van der Waals surface area (Å²) in [6.07, 6.45) is 1.46. The van der Waals surface area contributed by atoms with Gasteiger partial charge in [0.15, 0.2) is 0 Å². The molecule has 1 heterocycles. The van der Waals surface area contributed by atoms with E-state index >= 15 is 0 Å². The molecule has 0 aliphatic carbocycles. The molecule has 0 aliphatic heterocycles. The molecule has 1 aromatic carbocycles. The number of aromatic nitrogens is 1. The van der Waals surface area contributed by atoms with Crippen LogP contribution in [0, 0.1) is 11.6 Å². The Hall–Kier alpha value is -2.54. The Balaban J connectivity index is 2.07. The molecule has 0 fully saturated rings. The van der Waals surface area contributed by atoms with Gasteiger partial charge in [-0.3, -0.25) is 9.78 Å². The summed E-state index contributed by atoms with van der Waals surface area (Å²) in [5, 5.41) is 5.41. The molecule has 2 N–H and O–H groups in total. The molecule has 0 bridgehead atoms. The first-order valence-electron chi connectivity index (χ1n) is 6.55. The lowest BCUT2D eigenvalue weighted by Crippen LogP contribution is -2.15. The van der Waals surface area contributed by atoms with Crippen molar-refractivity contribution in [2.45, 2.75) is 0 Å². The molecule has 0 radical (unpaired) electrons. The Bertz CT molecular complexity index is 665. The Morgan fingerprint density at radius 2 is 2.09 bits per heavy atom. The van der Waals surface area contributed by atoms with Crippen molar-refractivity contribution in [3.05, 3.63) is 53.9 Å². The second-order valence-corrected chi connectivity index (χ2v) is 4.43. The van der Waals surface area contributed by atoms with Crippen molar-refractivity contribution in [2.75, 3.05) is 30.9 Å². The first kappa shape index (κ1) is 15.8. The lowest BCUT2D eigenvalue weighted by atomic mass is 10.2. The zero-order chi connectivity index (χ0) is 15.9. The highest BCUT2D eigenvalue weighted by molar-refractivity contribution is 6.03. The fourth-order valence-electron chi connectivity index (χ4n) is 1.74. The molecule has 116 valence electrons. The summed E-state index contributed by atoms with van der Waals surface area (Å²) in [4.78, 5) is 16.0. The molecule has 7 heteroatoms. The van der Waals surface area contributed by atoms with E-state index < -0.39 is 17.5 Å². The Morgan fingerprint density at radius 3 is 2.82 bits per heavy atom. The van der Waals surface area contributed by atoms with Crippen LogP contribution in [-0.4, -0.2) is 31.2 Å². The van der Waals surface area contributed by atoms with E-state index in [-0.39, 0.29) is 11.4 Å². The van der Waals surface area contributed by atoms with Crippen LogP contribution < -0.4 is 10.6 Å². The van der Waals surface area contributed by atoms with Crippen LogP contribution in [0.4, 0.5) is 20.2 Å². The van der Waals surface area contributed by atoms with Gasteiger partial charge in [0.05, 0.1) is 12.3 Å². The number of rotatable bonds is 6. The van der Waals surface area contributed by atoms with Gasteiger partial charge in [0.2, 0.25) is 0 Å². The molecule has 5 nitrogen and oxygen atoms in total. The first-order valence-corrected chi connectivity index (χ1v) is 6.55. The molecule has 2 aromatic rings. The van der Waals surface area contributed by atoms with Gasteiger partial charge in [0.25, 0.3) is 5.91 Å². The van der Waals surface area contributed by atoms with Crippen molar-refractivity contribution in [2.24, 2.45) is 0 Å². The number of hydrogen-bond acceptors (Lipinski definition) is 4. The molecular weight excluding hydrogens is 292 g/mol. The normalized spacial score (nSPS) is 10.3. The minimum absolute atomic E-state index is 0.106. The third-order valence-electron chi connectivity index (χ3n) is 2.81. The van der Waals surface area contributed by atoms with E-state index in [4.69, 9.17) is 4.74 Å². The highest BCUT2D eigenvalue weighted by atomic mass is 19.1. The number of pyridine rings is 1. The predicted octanol–water partition coefficient (Wildman–Crippen LogP) is 2.67. The van der Waals surface area contributed by atoms with Gasteiger partial charge in [-0.1, -0.05) is 0 Å². The van der Waals surface area contributed by atoms with Crippen molar-refractivity contribution < 1.29 is 18.3 Å². The molecule has 0 aliphatic rings. The topological polar surface area (TPSA) is 63.2 Å². The van der Waals surface area contributed by atoms with E-state index in [0.717, 1.165) is 12.1 Å². The fraction of sp³-hybridized carbons (Fsp3) is 0.200. The summed E-state index contributed by atoms with van der Waals surface area (Å²) in [5.74, 6) is -2.14. The number of carbonyl (C=O) groups excluding carboxylic acids is 1. The number of ether oxygens (including phenoxy) is 1. The van der Waals surface area contributed by atoms with E-state index in [1.54, 1.807) is 13.2 Å². The van der Waals surface area contributed by atoms with Gasteiger partial charge in [-0.05, 0) is 24.3 Å². The summed E-state index contributed by atoms with van der Waals surface area (Å²) in [7, 11) is 1.59. The highest BCUT2D eigenvalue weighted by Crippen LogP contribution is 2.16. The van der Waals surface area contributed by atoms with Crippen molar-refractivity contribution in [3.8, 4) is 0 Å². The van der Waals surface area contributed by atoms with Crippen LogP contribution >= 0.6 is 0 Å². The number of amides is 1. The number of methoxy groups -OCH3 is 1. The van der Waals surface area contributed by atoms with Crippen LogP contribution in [-0.2, 0) is 4.74 Å². The van der Waals surface area contributed by atoms with Crippen LogP contribution in [0.3, 0.4) is 0 Å². The lowest BCUT2D eigenvalue weighted by Gasteiger charge is -2.08. The number of halogens is 2. The summed E-state index contributed by atoms with van der Waals surface area (Å²) in [6.45, 7) is 1.10. The molecule has 1 aromatic heterocycles. The lowest BCUT2D eigenvalue weighted by molar-refractivity contribution is 0.102. The number of anilines is 2. The summed E-state index contributed by atoms with van der Waals surface area (Å²) >= 11 is 0. The zero-order valence-corrected chi connectivity index (χ0v) is 11.9. The summed E-state index contributed by atoms with van der Waals surface area (Å²) in [5.41, 5.74) is 0.703. The maximum absolute atomic E-state index is 13.5. The van der Waals surface area contributed by atoms with Crippen LogP contribution in [0.1, 0.15) is 10.5 Å².